The molecule has 1 saturated heterocycles. The normalized spacial score (nSPS) is 23.2. The lowest BCUT2D eigenvalue weighted by Crippen LogP contribution is -2.47. The van der Waals surface area contributed by atoms with Crippen LogP contribution < -0.4 is 5.73 Å². The van der Waals surface area contributed by atoms with Crippen molar-refractivity contribution in [2.75, 3.05) is 40.3 Å². The maximum absolute atomic E-state index is 10.8. The van der Waals surface area contributed by atoms with Crippen molar-refractivity contribution in [3.8, 4) is 0 Å². The van der Waals surface area contributed by atoms with Crippen LogP contribution in [0.3, 0.4) is 0 Å². The van der Waals surface area contributed by atoms with E-state index in [4.69, 9.17) is 5.73 Å². The zero-order chi connectivity index (χ0) is 15.3. The van der Waals surface area contributed by atoms with Gasteiger partial charge in [-0.1, -0.05) is 30.3 Å². The Balaban J connectivity index is 1.94. The molecule has 1 aliphatic rings. The first-order chi connectivity index (χ1) is 10.0. The lowest BCUT2D eigenvalue weighted by Gasteiger charge is -2.38. The minimum atomic E-state index is -0.910. The molecule has 2 atom stereocenters. The molecule has 0 saturated carbocycles. The van der Waals surface area contributed by atoms with Gasteiger partial charge in [-0.25, -0.2) is 0 Å². The predicted molar refractivity (Wildman–Crippen MR) is 87.2 cm³/mol. The number of aliphatic hydroxyl groups is 1. The quantitative estimate of drug-likeness (QED) is 0.828. The maximum Gasteiger partial charge on any atom is 0.103 e. The van der Waals surface area contributed by atoms with Gasteiger partial charge in [0, 0.05) is 25.7 Å². The summed E-state index contributed by atoms with van der Waals surface area (Å²) in [6, 6.07) is 10.4. The minimum absolute atomic E-state index is 0.266. The Labute approximate surface area is 128 Å². The van der Waals surface area contributed by atoms with Crippen LogP contribution in [0.5, 0.6) is 0 Å². The van der Waals surface area contributed by atoms with Gasteiger partial charge in [-0.05, 0) is 45.5 Å². The van der Waals surface area contributed by atoms with E-state index in [-0.39, 0.29) is 6.54 Å². The van der Waals surface area contributed by atoms with E-state index in [0.29, 0.717) is 12.5 Å². The van der Waals surface area contributed by atoms with Gasteiger partial charge in [0.05, 0.1) is 0 Å². The van der Waals surface area contributed by atoms with Gasteiger partial charge in [-0.3, -0.25) is 0 Å². The van der Waals surface area contributed by atoms with Crippen molar-refractivity contribution < 1.29 is 5.11 Å². The summed E-state index contributed by atoms with van der Waals surface area (Å²) in [5.41, 5.74) is 5.87. The molecule has 4 heteroatoms. The van der Waals surface area contributed by atoms with E-state index in [0.717, 1.165) is 25.2 Å². The smallest absolute Gasteiger partial charge is 0.103 e. The SMILES string of the molecule is CN(C)C1CCCN(CCC(O)(CN)c2ccccc2)C1. The van der Waals surface area contributed by atoms with Gasteiger partial charge < -0.3 is 20.6 Å². The van der Waals surface area contributed by atoms with Crippen molar-refractivity contribution in [3.05, 3.63) is 35.9 Å². The number of hydrogen-bond acceptors (Lipinski definition) is 4. The van der Waals surface area contributed by atoms with Crippen LogP contribution >= 0.6 is 0 Å². The summed E-state index contributed by atoms with van der Waals surface area (Å²) in [4.78, 5) is 4.76. The molecule has 0 spiro atoms. The third-order valence-corrected chi connectivity index (χ3v) is 4.70. The zero-order valence-electron chi connectivity index (χ0n) is 13.3. The van der Waals surface area contributed by atoms with Crippen LogP contribution in [0.1, 0.15) is 24.8 Å². The molecule has 1 heterocycles. The van der Waals surface area contributed by atoms with Crippen LogP contribution in [0.2, 0.25) is 0 Å². The molecular formula is C17H29N3O. The molecule has 0 aliphatic carbocycles. The first-order valence-corrected chi connectivity index (χ1v) is 7.92. The molecular weight excluding hydrogens is 262 g/mol. The highest BCUT2D eigenvalue weighted by atomic mass is 16.3. The van der Waals surface area contributed by atoms with Crippen molar-refractivity contribution in [1.82, 2.24) is 9.80 Å². The highest BCUT2D eigenvalue weighted by Crippen LogP contribution is 2.25. The second-order valence-corrected chi connectivity index (χ2v) is 6.41. The number of hydrogen-bond donors (Lipinski definition) is 2. The summed E-state index contributed by atoms with van der Waals surface area (Å²) in [5, 5.41) is 10.8. The predicted octanol–water partition coefficient (Wildman–Crippen LogP) is 1.25. The van der Waals surface area contributed by atoms with Gasteiger partial charge in [0.2, 0.25) is 0 Å². The van der Waals surface area contributed by atoms with Crippen molar-refractivity contribution in [2.45, 2.75) is 30.9 Å². The number of rotatable bonds is 6. The summed E-state index contributed by atoms with van der Waals surface area (Å²) in [6.07, 6.45) is 3.19. The Hall–Kier alpha value is -0.940. The Bertz CT molecular complexity index is 423. The summed E-state index contributed by atoms with van der Waals surface area (Å²) in [7, 11) is 4.29. The third-order valence-electron chi connectivity index (χ3n) is 4.70. The van der Waals surface area contributed by atoms with E-state index < -0.39 is 5.60 Å². The largest absolute Gasteiger partial charge is 0.384 e. The minimum Gasteiger partial charge on any atom is -0.384 e. The van der Waals surface area contributed by atoms with E-state index in [1.807, 2.05) is 30.3 Å². The molecule has 0 aromatic heterocycles. The Morgan fingerprint density at radius 1 is 1.33 bits per heavy atom. The summed E-state index contributed by atoms with van der Waals surface area (Å²) in [5.74, 6) is 0. The molecule has 0 radical (unpaired) electrons. The lowest BCUT2D eigenvalue weighted by molar-refractivity contribution is 0.0192. The Morgan fingerprint density at radius 3 is 2.67 bits per heavy atom. The fraction of sp³-hybridized carbons (Fsp3) is 0.647. The van der Waals surface area contributed by atoms with Crippen LogP contribution in [-0.2, 0) is 5.60 Å². The second kappa shape index (κ2) is 7.36. The molecule has 21 heavy (non-hydrogen) atoms. The van der Waals surface area contributed by atoms with Crippen LogP contribution in [0.4, 0.5) is 0 Å². The van der Waals surface area contributed by atoms with Gasteiger partial charge in [-0.15, -0.1) is 0 Å². The molecule has 0 amide bonds. The van der Waals surface area contributed by atoms with E-state index in [2.05, 4.69) is 23.9 Å². The fourth-order valence-corrected chi connectivity index (χ4v) is 3.11. The lowest BCUT2D eigenvalue weighted by atomic mass is 9.90. The first-order valence-electron chi connectivity index (χ1n) is 7.92. The van der Waals surface area contributed by atoms with E-state index >= 15 is 0 Å². The van der Waals surface area contributed by atoms with Crippen LogP contribution in [0.25, 0.3) is 0 Å². The van der Waals surface area contributed by atoms with Gasteiger partial charge in [-0.2, -0.15) is 0 Å². The number of likely N-dealkylation sites (N-methyl/N-ethyl adjacent to an activating group) is 1. The van der Waals surface area contributed by atoms with Crippen LogP contribution in [0.15, 0.2) is 30.3 Å². The molecule has 2 rings (SSSR count). The van der Waals surface area contributed by atoms with Gasteiger partial charge in [0.25, 0.3) is 0 Å². The van der Waals surface area contributed by atoms with Crippen LogP contribution in [-0.4, -0.2) is 61.2 Å². The summed E-state index contributed by atoms with van der Waals surface area (Å²) in [6.45, 7) is 3.37. The maximum atomic E-state index is 10.8. The second-order valence-electron chi connectivity index (χ2n) is 6.41. The number of nitrogens with two attached hydrogens (primary N) is 1. The molecule has 1 aromatic carbocycles. The molecule has 4 nitrogen and oxygen atoms in total. The number of nitrogens with zero attached hydrogens (tertiary/aromatic N) is 2. The standard InChI is InChI=1S/C17H29N3O/c1-19(2)16-9-6-11-20(13-16)12-10-17(21,14-18)15-7-4-3-5-8-15/h3-5,7-8,16,21H,6,9-14,18H2,1-2H3. The average Bonchev–Trinajstić information content (AvgIpc) is 2.53. The van der Waals surface area contributed by atoms with E-state index in [9.17, 15) is 5.11 Å². The fourth-order valence-electron chi connectivity index (χ4n) is 3.11. The van der Waals surface area contributed by atoms with Gasteiger partial charge in [0.15, 0.2) is 0 Å². The third kappa shape index (κ3) is 4.27. The molecule has 1 aromatic rings. The van der Waals surface area contributed by atoms with Crippen molar-refractivity contribution in [3.63, 3.8) is 0 Å². The molecule has 1 aliphatic heterocycles. The van der Waals surface area contributed by atoms with Gasteiger partial charge in [0.1, 0.15) is 5.60 Å². The molecule has 118 valence electrons. The zero-order valence-corrected chi connectivity index (χ0v) is 13.3. The molecule has 3 N–H and O–H groups in total. The Morgan fingerprint density at radius 2 is 2.05 bits per heavy atom. The first kappa shape index (κ1) is 16.4. The van der Waals surface area contributed by atoms with Crippen molar-refractivity contribution >= 4 is 0 Å². The van der Waals surface area contributed by atoms with E-state index in [1.54, 1.807) is 0 Å². The van der Waals surface area contributed by atoms with Gasteiger partial charge >= 0.3 is 0 Å². The highest BCUT2D eigenvalue weighted by Gasteiger charge is 2.29. The van der Waals surface area contributed by atoms with E-state index in [1.165, 1.54) is 12.8 Å². The number of benzene rings is 1. The number of likely N-dealkylation sites (tertiary alicyclic amines) is 1. The highest BCUT2D eigenvalue weighted by molar-refractivity contribution is 5.22. The number of piperidine rings is 1. The molecule has 0 bridgehead atoms. The monoisotopic (exact) mass is 291 g/mol. The topological polar surface area (TPSA) is 52.7 Å². The van der Waals surface area contributed by atoms with Crippen LogP contribution in [0, 0.1) is 0 Å². The average molecular weight is 291 g/mol. The summed E-state index contributed by atoms with van der Waals surface area (Å²) < 4.78 is 0. The van der Waals surface area contributed by atoms with Crippen molar-refractivity contribution in [2.24, 2.45) is 5.73 Å². The molecule has 2 unspecified atom stereocenters. The van der Waals surface area contributed by atoms with Crippen molar-refractivity contribution in [1.29, 1.82) is 0 Å². The summed E-state index contributed by atoms with van der Waals surface area (Å²) >= 11 is 0. The Kier molecular flexibility index (Phi) is 5.76. The molecule has 1 fully saturated rings.